The maximum Gasteiger partial charge on any atom is 0.346 e. The van der Waals surface area contributed by atoms with E-state index in [4.69, 9.17) is 5.26 Å². The summed E-state index contributed by atoms with van der Waals surface area (Å²) in [5.41, 5.74) is 0.364. The summed E-state index contributed by atoms with van der Waals surface area (Å²) in [7, 11) is 1.35. The molecule has 22 heavy (non-hydrogen) atoms. The normalized spacial score (nSPS) is 10.7. The quantitative estimate of drug-likeness (QED) is 0.703. The third-order valence-corrected chi connectivity index (χ3v) is 3.60. The second-order valence-corrected chi connectivity index (χ2v) is 4.93. The molecule has 0 saturated heterocycles. The van der Waals surface area contributed by atoms with E-state index >= 15 is 0 Å². The number of nitrogens with zero attached hydrogens (tertiary/aromatic N) is 5. The summed E-state index contributed by atoms with van der Waals surface area (Å²) >= 11 is 0. The predicted octanol–water partition coefficient (Wildman–Crippen LogP) is 0.469. The van der Waals surface area contributed by atoms with Crippen LogP contribution in [0.1, 0.15) is 5.56 Å². The Bertz CT molecular complexity index is 989. The number of fused-ring (bicyclic) bond motifs is 1. The van der Waals surface area contributed by atoms with Crippen LogP contribution in [-0.2, 0) is 20.0 Å². The smallest absolute Gasteiger partial charge is 0.324 e. The molecule has 7 nitrogen and oxygen atoms in total. The molecule has 0 N–H and O–H groups in total. The van der Waals surface area contributed by atoms with Crippen molar-refractivity contribution in [3.63, 3.8) is 0 Å². The lowest BCUT2D eigenvalue weighted by Crippen LogP contribution is -2.37. The van der Waals surface area contributed by atoms with Gasteiger partial charge in [0.25, 0.3) is 5.56 Å². The van der Waals surface area contributed by atoms with Crippen LogP contribution < -0.4 is 11.2 Å². The fourth-order valence-corrected chi connectivity index (χ4v) is 2.39. The number of hydrogen-bond donors (Lipinski definition) is 0. The topological polar surface area (TPSA) is 85.6 Å². The van der Waals surface area contributed by atoms with Crippen LogP contribution >= 0.6 is 0 Å². The molecule has 1 aromatic carbocycles. The summed E-state index contributed by atoms with van der Waals surface area (Å²) in [5, 5.41) is 9.10. The van der Waals surface area contributed by atoms with E-state index in [1.54, 1.807) is 10.8 Å². The average molecular weight is 295 g/mol. The molecule has 0 unspecified atom stereocenters. The average Bonchev–Trinajstić information content (AvgIpc) is 2.96. The molecule has 0 radical (unpaired) electrons. The number of hydrogen-bond acceptors (Lipinski definition) is 4. The number of rotatable bonds is 3. The van der Waals surface area contributed by atoms with E-state index in [0.29, 0.717) is 6.54 Å². The van der Waals surface area contributed by atoms with E-state index < -0.39 is 11.2 Å². The third kappa shape index (κ3) is 2.11. The van der Waals surface area contributed by atoms with Gasteiger partial charge in [-0.15, -0.1) is 0 Å². The Morgan fingerprint density at radius 2 is 1.95 bits per heavy atom. The van der Waals surface area contributed by atoms with Crippen LogP contribution in [0.2, 0.25) is 0 Å². The highest BCUT2D eigenvalue weighted by Gasteiger charge is 2.15. The molecule has 3 rings (SSSR count). The van der Waals surface area contributed by atoms with E-state index in [-0.39, 0.29) is 11.2 Å². The van der Waals surface area contributed by atoms with E-state index in [9.17, 15) is 9.59 Å². The van der Waals surface area contributed by atoms with Crippen LogP contribution in [-0.4, -0.2) is 18.7 Å². The minimum absolute atomic E-state index is 0.101. The fraction of sp³-hybridized carbons (Fsp3) is 0.200. The largest absolute Gasteiger partial charge is 0.346 e. The molecule has 0 amide bonds. The summed E-state index contributed by atoms with van der Waals surface area (Å²) < 4.78 is 3.43. The van der Waals surface area contributed by atoms with Gasteiger partial charge in [-0.3, -0.25) is 9.36 Å². The molecule has 0 aliphatic heterocycles. The van der Waals surface area contributed by atoms with Gasteiger partial charge >= 0.3 is 5.69 Å². The fourth-order valence-electron chi connectivity index (χ4n) is 2.39. The van der Waals surface area contributed by atoms with E-state index in [2.05, 4.69) is 4.98 Å². The second kappa shape index (κ2) is 5.33. The minimum Gasteiger partial charge on any atom is -0.324 e. The zero-order valence-corrected chi connectivity index (χ0v) is 11.9. The molecule has 0 bridgehead atoms. The van der Waals surface area contributed by atoms with Crippen molar-refractivity contribution in [2.24, 2.45) is 7.05 Å². The molecule has 2 aromatic heterocycles. The lowest BCUT2D eigenvalue weighted by atomic mass is 10.1. The number of aryl methyl sites for hydroxylation is 2. The molecule has 0 spiro atoms. The van der Waals surface area contributed by atoms with Gasteiger partial charge in [0.2, 0.25) is 0 Å². The molecule has 0 fully saturated rings. The molecule has 0 atom stereocenters. The predicted molar refractivity (Wildman–Crippen MR) is 80.4 cm³/mol. The first-order valence-electron chi connectivity index (χ1n) is 6.74. The van der Waals surface area contributed by atoms with Crippen molar-refractivity contribution in [1.82, 2.24) is 18.7 Å². The van der Waals surface area contributed by atoms with Gasteiger partial charge in [-0.05, 0) is 12.0 Å². The number of benzene rings is 1. The van der Waals surface area contributed by atoms with Gasteiger partial charge in [-0.2, -0.15) is 9.83 Å². The Balaban J connectivity index is 2.09. The Labute approximate surface area is 125 Å². The van der Waals surface area contributed by atoms with Crippen LogP contribution in [0.4, 0.5) is 0 Å². The lowest BCUT2D eigenvalue weighted by Gasteiger charge is -2.05. The van der Waals surface area contributed by atoms with Crippen molar-refractivity contribution in [3.8, 4) is 6.19 Å². The molecule has 110 valence electrons. The van der Waals surface area contributed by atoms with Crippen molar-refractivity contribution in [2.75, 3.05) is 0 Å². The number of aromatic nitrogens is 4. The minimum atomic E-state index is -0.687. The summed E-state index contributed by atoms with van der Waals surface area (Å²) in [6.07, 6.45) is 3.97. The first-order valence-corrected chi connectivity index (χ1v) is 6.74. The Hall–Kier alpha value is -3.14. The highest BCUT2D eigenvalue weighted by Crippen LogP contribution is 2.08. The van der Waals surface area contributed by atoms with Gasteiger partial charge in [0.1, 0.15) is 0 Å². The third-order valence-electron chi connectivity index (χ3n) is 3.60. The van der Waals surface area contributed by atoms with Gasteiger partial charge in [0, 0.05) is 13.6 Å². The van der Waals surface area contributed by atoms with E-state index in [1.807, 2.05) is 30.3 Å². The van der Waals surface area contributed by atoms with Crippen LogP contribution in [0.25, 0.3) is 11.2 Å². The van der Waals surface area contributed by atoms with Gasteiger partial charge in [0.15, 0.2) is 17.4 Å². The number of nitriles is 1. The van der Waals surface area contributed by atoms with Crippen LogP contribution in [0, 0.1) is 11.5 Å². The van der Waals surface area contributed by atoms with Crippen molar-refractivity contribution in [2.45, 2.75) is 13.0 Å². The molecule has 2 heterocycles. The van der Waals surface area contributed by atoms with Gasteiger partial charge in [-0.1, -0.05) is 30.3 Å². The van der Waals surface area contributed by atoms with E-state index in [1.165, 1.54) is 13.4 Å². The first-order chi connectivity index (χ1) is 10.6. The highest BCUT2D eigenvalue weighted by molar-refractivity contribution is 5.70. The molecule has 7 heteroatoms. The summed E-state index contributed by atoms with van der Waals surface area (Å²) in [6, 6.07) is 9.85. The Kier molecular flexibility index (Phi) is 3.35. The Morgan fingerprint density at radius 3 is 2.64 bits per heavy atom. The van der Waals surface area contributed by atoms with Gasteiger partial charge < -0.3 is 4.57 Å². The van der Waals surface area contributed by atoms with Crippen molar-refractivity contribution in [3.05, 3.63) is 63.1 Å². The molecule has 0 aliphatic carbocycles. The lowest BCUT2D eigenvalue weighted by molar-refractivity contribution is 0.699. The molecule has 0 saturated carbocycles. The van der Waals surface area contributed by atoms with Crippen LogP contribution in [0.5, 0.6) is 0 Å². The maximum absolute atomic E-state index is 12.3. The zero-order chi connectivity index (χ0) is 15.7. The summed E-state index contributed by atoms with van der Waals surface area (Å²) in [5.74, 6) is 0. The summed E-state index contributed by atoms with van der Waals surface area (Å²) in [6.45, 7) is 0.541. The monoisotopic (exact) mass is 295 g/mol. The molecular formula is C15H13N5O2. The maximum atomic E-state index is 12.3. The standard InChI is InChI=1S/C15H13N5O2/c1-18-14(21)12-13(20(9-16)15(18)22)17-10-19(12)8-7-11-5-3-2-4-6-11/h2-6,10H,7-8H2,1H3. The second-order valence-electron chi connectivity index (χ2n) is 4.93. The van der Waals surface area contributed by atoms with Gasteiger partial charge in [0.05, 0.1) is 6.33 Å². The van der Waals surface area contributed by atoms with Crippen molar-refractivity contribution in [1.29, 1.82) is 5.26 Å². The van der Waals surface area contributed by atoms with Gasteiger partial charge in [-0.25, -0.2) is 9.78 Å². The SMILES string of the molecule is Cn1c(=O)c2c(ncn2CCc2ccccc2)n(C#N)c1=O. The zero-order valence-electron chi connectivity index (χ0n) is 11.9. The molecular weight excluding hydrogens is 282 g/mol. The van der Waals surface area contributed by atoms with Crippen molar-refractivity contribution < 1.29 is 0 Å². The van der Waals surface area contributed by atoms with Crippen molar-refractivity contribution >= 4 is 11.2 Å². The first kappa shape index (κ1) is 13.8. The summed E-state index contributed by atoms with van der Waals surface area (Å²) in [4.78, 5) is 28.2. The Morgan fingerprint density at radius 1 is 1.23 bits per heavy atom. The molecule has 3 aromatic rings. The molecule has 0 aliphatic rings. The highest BCUT2D eigenvalue weighted by atomic mass is 16.2. The number of imidazole rings is 1. The van der Waals surface area contributed by atoms with E-state index in [0.717, 1.165) is 21.1 Å². The van der Waals surface area contributed by atoms with Crippen LogP contribution in [0.3, 0.4) is 0 Å². The van der Waals surface area contributed by atoms with Crippen LogP contribution in [0.15, 0.2) is 46.2 Å².